The number of nitrogens with one attached hydrogen (secondary N) is 6. The molecule has 13 nitrogen and oxygen atoms in total. The van der Waals surface area contributed by atoms with Crippen LogP contribution in [0.2, 0.25) is 0 Å². The Hall–Kier alpha value is -4.21. The fourth-order valence-corrected chi connectivity index (χ4v) is 4.66. The van der Waals surface area contributed by atoms with Crippen molar-refractivity contribution in [1.82, 2.24) is 31.9 Å². The van der Waals surface area contributed by atoms with Crippen LogP contribution in [-0.2, 0) is 35.2 Å². The molecule has 0 aromatic heterocycles. The zero-order chi connectivity index (χ0) is 36.1. The van der Waals surface area contributed by atoms with Crippen LogP contribution in [0, 0.1) is 5.92 Å². The molecule has 1 rings (SSSR count). The molecule has 0 spiro atoms. The van der Waals surface area contributed by atoms with Gasteiger partial charge in [0, 0.05) is 26.4 Å². The van der Waals surface area contributed by atoms with E-state index in [9.17, 15) is 41.9 Å². The number of nitrogens with two attached hydrogens (primary N) is 1. The van der Waals surface area contributed by atoms with Crippen molar-refractivity contribution in [2.45, 2.75) is 95.9 Å². The Bertz CT molecular complexity index is 1180. The van der Waals surface area contributed by atoms with E-state index in [0.717, 1.165) is 18.4 Å². The average molecular weight is 686 g/mol. The lowest BCUT2D eigenvalue weighted by molar-refractivity contribution is -0.173. The van der Waals surface area contributed by atoms with E-state index in [-0.39, 0.29) is 50.5 Å². The number of likely N-dealkylation sites (N-methyl/N-ethyl adjacent to an activating group) is 1. The van der Waals surface area contributed by atoms with E-state index >= 15 is 0 Å². The topological polar surface area (TPSA) is 201 Å². The fourth-order valence-electron chi connectivity index (χ4n) is 4.66. The zero-order valence-electron chi connectivity index (χ0n) is 27.8. The van der Waals surface area contributed by atoms with Crippen LogP contribution < -0.4 is 37.6 Å². The molecule has 0 aliphatic carbocycles. The Morgan fingerprint density at radius 1 is 0.750 bits per heavy atom. The highest BCUT2D eigenvalue weighted by Crippen LogP contribution is 2.14. The SMILES string of the molecule is CNC(=O)C(Cc1ccccc1)NC(=O)C(CCCCNC(=O)C(F)(F)F)NC(=O)CNC(=O)C(CC(C)C)NC(=O)CCCCCN. The van der Waals surface area contributed by atoms with Gasteiger partial charge < -0.3 is 37.6 Å². The summed E-state index contributed by atoms with van der Waals surface area (Å²) in [6.45, 7) is 3.42. The molecule has 48 heavy (non-hydrogen) atoms. The molecule has 0 aliphatic heterocycles. The summed E-state index contributed by atoms with van der Waals surface area (Å²) in [7, 11) is 1.40. The molecular formula is C32H50F3N7O6. The van der Waals surface area contributed by atoms with Gasteiger partial charge in [-0.3, -0.25) is 28.8 Å². The maximum absolute atomic E-state index is 13.4. The molecule has 0 fully saturated rings. The van der Waals surface area contributed by atoms with Crippen molar-refractivity contribution in [3.63, 3.8) is 0 Å². The number of alkyl halides is 3. The van der Waals surface area contributed by atoms with E-state index in [2.05, 4.69) is 26.6 Å². The minimum atomic E-state index is -5.03. The number of carbonyl (C=O) groups is 6. The third kappa shape index (κ3) is 17.6. The number of halogens is 3. The number of hydrogen-bond acceptors (Lipinski definition) is 7. The zero-order valence-corrected chi connectivity index (χ0v) is 27.8. The maximum atomic E-state index is 13.4. The van der Waals surface area contributed by atoms with Crippen LogP contribution in [0.15, 0.2) is 30.3 Å². The van der Waals surface area contributed by atoms with E-state index in [0.29, 0.717) is 19.4 Å². The third-order valence-electron chi connectivity index (χ3n) is 7.17. The molecule has 0 bridgehead atoms. The number of amides is 6. The first kappa shape index (κ1) is 41.8. The molecule has 3 unspecified atom stereocenters. The monoisotopic (exact) mass is 685 g/mol. The quantitative estimate of drug-likeness (QED) is 0.0882. The van der Waals surface area contributed by atoms with Crippen molar-refractivity contribution >= 4 is 35.4 Å². The van der Waals surface area contributed by atoms with Gasteiger partial charge in [0.2, 0.25) is 29.5 Å². The van der Waals surface area contributed by atoms with Gasteiger partial charge in [0.15, 0.2) is 0 Å². The Balaban J connectivity index is 2.93. The van der Waals surface area contributed by atoms with Gasteiger partial charge in [-0.2, -0.15) is 13.2 Å². The summed E-state index contributed by atoms with van der Waals surface area (Å²) < 4.78 is 37.5. The van der Waals surface area contributed by atoms with Crippen molar-refractivity contribution in [3.8, 4) is 0 Å². The Morgan fingerprint density at radius 3 is 2.02 bits per heavy atom. The lowest BCUT2D eigenvalue weighted by Crippen LogP contribution is -2.55. The van der Waals surface area contributed by atoms with Gasteiger partial charge in [-0.1, -0.05) is 50.6 Å². The smallest absolute Gasteiger partial charge is 0.357 e. The molecule has 16 heteroatoms. The second kappa shape index (κ2) is 22.4. The van der Waals surface area contributed by atoms with Crippen LogP contribution in [0.25, 0.3) is 0 Å². The Labute approximate surface area is 279 Å². The van der Waals surface area contributed by atoms with Crippen molar-refractivity contribution < 1.29 is 41.9 Å². The van der Waals surface area contributed by atoms with E-state index in [1.807, 2.05) is 13.8 Å². The fraction of sp³-hybridized carbons (Fsp3) is 0.625. The number of unbranched alkanes of at least 4 members (excludes halogenated alkanes) is 3. The first-order valence-corrected chi connectivity index (χ1v) is 16.1. The van der Waals surface area contributed by atoms with Gasteiger partial charge in [-0.05, 0) is 56.6 Å². The first-order chi connectivity index (χ1) is 22.7. The van der Waals surface area contributed by atoms with Crippen molar-refractivity contribution in [2.24, 2.45) is 11.7 Å². The molecular weight excluding hydrogens is 635 g/mol. The largest absolute Gasteiger partial charge is 0.471 e. The van der Waals surface area contributed by atoms with E-state index in [1.54, 1.807) is 35.6 Å². The van der Waals surface area contributed by atoms with Gasteiger partial charge in [-0.25, -0.2) is 0 Å². The van der Waals surface area contributed by atoms with E-state index in [4.69, 9.17) is 5.73 Å². The molecule has 3 atom stereocenters. The molecule has 270 valence electrons. The van der Waals surface area contributed by atoms with Gasteiger partial charge in [-0.15, -0.1) is 0 Å². The predicted molar refractivity (Wildman–Crippen MR) is 173 cm³/mol. The van der Waals surface area contributed by atoms with E-state index < -0.39 is 60.4 Å². The number of hydrogen-bond donors (Lipinski definition) is 7. The van der Waals surface area contributed by atoms with Crippen LogP contribution in [0.1, 0.15) is 70.8 Å². The standard InChI is InChI=1S/C32H50F3N7O6/c1-21(2)18-24(41-26(43)15-8-5-10-16-36)29(46)39-20-27(44)40-23(14-9-11-17-38-31(48)32(33,34)35)30(47)42-25(28(45)37-3)19-22-12-6-4-7-13-22/h4,6-7,12-13,21,23-25H,5,8-11,14-20,36H2,1-3H3,(H,37,45)(H,38,48)(H,39,46)(H,40,44)(H,41,43)(H,42,47). The lowest BCUT2D eigenvalue weighted by atomic mass is 10.0. The maximum Gasteiger partial charge on any atom is 0.471 e. The summed E-state index contributed by atoms with van der Waals surface area (Å²) >= 11 is 0. The van der Waals surface area contributed by atoms with Crippen molar-refractivity contribution in [2.75, 3.05) is 26.7 Å². The summed E-state index contributed by atoms with van der Waals surface area (Å²) in [6, 6.07) is 5.76. The van der Waals surface area contributed by atoms with Gasteiger partial charge in [0.05, 0.1) is 6.54 Å². The van der Waals surface area contributed by atoms with Gasteiger partial charge in [0.1, 0.15) is 18.1 Å². The normalized spacial score (nSPS) is 13.1. The summed E-state index contributed by atoms with van der Waals surface area (Å²) in [4.78, 5) is 75.3. The van der Waals surface area contributed by atoms with Gasteiger partial charge >= 0.3 is 12.1 Å². The minimum absolute atomic E-state index is 0.0462. The Kier molecular flexibility index (Phi) is 19.5. The second-order valence-electron chi connectivity index (χ2n) is 11.8. The van der Waals surface area contributed by atoms with E-state index in [1.165, 1.54) is 7.05 Å². The molecule has 0 saturated heterocycles. The van der Waals surface area contributed by atoms with Crippen molar-refractivity contribution in [1.29, 1.82) is 0 Å². The minimum Gasteiger partial charge on any atom is -0.357 e. The van der Waals surface area contributed by atoms with Crippen molar-refractivity contribution in [3.05, 3.63) is 35.9 Å². The highest BCUT2D eigenvalue weighted by molar-refractivity contribution is 5.94. The molecule has 0 saturated carbocycles. The highest BCUT2D eigenvalue weighted by atomic mass is 19.4. The number of benzene rings is 1. The molecule has 6 amide bonds. The summed E-state index contributed by atoms with van der Waals surface area (Å²) in [5.74, 6) is -4.89. The summed E-state index contributed by atoms with van der Waals surface area (Å²) in [6.07, 6.45) is -2.03. The van der Waals surface area contributed by atoms with Crippen LogP contribution in [0.5, 0.6) is 0 Å². The molecule has 1 aromatic carbocycles. The second-order valence-corrected chi connectivity index (χ2v) is 11.8. The predicted octanol–water partition coefficient (Wildman–Crippen LogP) is 0.960. The molecule has 1 aromatic rings. The third-order valence-corrected chi connectivity index (χ3v) is 7.17. The molecule has 0 heterocycles. The molecule has 0 radical (unpaired) electrons. The van der Waals surface area contributed by atoms with Gasteiger partial charge in [0.25, 0.3) is 0 Å². The number of rotatable bonds is 22. The van der Waals surface area contributed by atoms with Crippen LogP contribution in [0.3, 0.4) is 0 Å². The number of carbonyl (C=O) groups excluding carboxylic acids is 6. The van der Waals surface area contributed by atoms with Crippen LogP contribution in [0.4, 0.5) is 13.2 Å². The molecule has 8 N–H and O–H groups in total. The Morgan fingerprint density at radius 2 is 1.42 bits per heavy atom. The van der Waals surface area contributed by atoms with Crippen LogP contribution in [-0.4, -0.2) is 86.4 Å². The lowest BCUT2D eigenvalue weighted by Gasteiger charge is -2.24. The summed E-state index contributed by atoms with van der Waals surface area (Å²) in [5, 5.41) is 14.6. The summed E-state index contributed by atoms with van der Waals surface area (Å²) in [5.41, 5.74) is 6.24. The molecule has 0 aliphatic rings. The highest BCUT2D eigenvalue weighted by Gasteiger charge is 2.38. The first-order valence-electron chi connectivity index (χ1n) is 16.1. The van der Waals surface area contributed by atoms with Crippen LogP contribution >= 0.6 is 0 Å². The average Bonchev–Trinajstić information content (AvgIpc) is 3.03.